The number of thioether (sulfide) groups is 1. The number of anilines is 1. The fourth-order valence-corrected chi connectivity index (χ4v) is 3.65. The number of nitrogens with one attached hydrogen (secondary N) is 1. The second kappa shape index (κ2) is 7.69. The Bertz CT molecular complexity index is 816. The van der Waals surface area contributed by atoms with Gasteiger partial charge in [-0.15, -0.1) is 0 Å². The molecule has 0 radical (unpaired) electrons. The Morgan fingerprint density at radius 1 is 1.33 bits per heavy atom. The van der Waals surface area contributed by atoms with Crippen molar-refractivity contribution in [1.29, 1.82) is 5.26 Å². The molecular formula is C18H16ClN3OS. The average molecular weight is 358 g/mol. The highest BCUT2D eigenvalue weighted by molar-refractivity contribution is 8.00. The first-order valence-electron chi connectivity index (χ1n) is 7.77. The number of nitriles is 1. The van der Waals surface area contributed by atoms with Gasteiger partial charge in [-0.25, -0.2) is 4.98 Å². The van der Waals surface area contributed by atoms with Crippen molar-refractivity contribution in [2.75, 3.05) is 11.1 Å². The molecule has 1 aliphatic rings. The standard InChI is InChI=1S/C18H16ClN3OS/c19-14-6-2-4-8-16(14)21-17(23)11-24-18-13(10-20)9-12-5-1-3-7-15(12)22-18/h2,4,6,8-9H,1,3,5,7,11H2,(H,21,23). The first kappa shape index (κ1) is 16.8. The van der Waals surface area contributed by atoms with Gasteiger partial charge < -0.3 is 5.32 Å². The molecule has 1 aromatic carbocycles. The maximum Gasteiger partial charge on any atom is 0.234 e. The number of halogens is 1. The topological polar surface area (TPSA) is 65.8 Å². The minimum atomic E-state index is -0.170. The molecule has 0 saturated carbocycles. The number of nitrogens with zero attached hydrogens (tertiary/aromatic N) is 2. The molecule has 1 heterocycles. The summed E-state index contributed by atoms with van der Waals surface area (Å²) in [5.74, 6) is 0.0163. The normalized spacial score (nSPS) is 13.0. The van der Waals surface area contributed by atoms with Crippen molar-refractivity contribution >= 4 is 35.0 Å². The van der Waals surface area contributed by atoms with Gasteiger partial charge in [-0.05, 0) is 49.4 Å². The highest BCUT2D eigenvalue weighted by atomic mass is 35.5. The SMILES string of the molecule is N#Cc1cc2c(nc1SCC(=O)Nc1ccccc1Cl)CCCC2. The van der Waals surface area contributed by atoms with Crippen molar-refractivity contribution in [3.05, 3.63) is 52.2 Å². The maximum absolute atomic E-state index is 12.1. The predicted molar refractivity (Wildman–Crippen MR) is 96.4 cm³/mol. The van der Waals surface area contributed by atoms with Gasteiger partial charge in [0.1, 0.15) is 11.1 Å². The summed E-state index contributed by atoms with van der Waals surface area (Å²) in [6.45, 7) is 0. The van der Waals surface area contributed by atoms with E-state index in [0.717, 1.165) is 31.4 Å². The van der Waals surface area contributed by atoms with Crippen molar-refractivity contribution in [3.8, 4) is 6.07 Å². The Hall–Kier alpha value is -2.03. The molecule has 2 aromatic rings. The Morgan fingerprint density at radius 3 is 2.92 bits per heavy atom. The van der Waals surface area contributed by atoms with E-state index in [4.69, 9.17) is 11.6 Å². The molecular weight excluding hydrogens is 342 g/mol. The first-order valence-corrected chi connectivity index (χ1v) is 9.14. The van der Waals surface area contributed by atoms with Gasteiger partial charge in [-0.1, -0.05) is 35.5 Å². The molecule has 0 unspecified atom stereocenters. The predicted octanol–water partition coefficient (Wildman–Crippen LogP) is 4.22. The number of hydrogen-bond donors (Lipinski definition) is 1. The molecule has 1 N–H and O–H groups in total. The van der Waals surface area contributed by atoms with Gasteiger partial charge in [0.15, 0.2) is 0 Å². The molecule has 1 amide bonds. The van der Waals surface area contributed by atoms with E-state index < -0.39 is 0 Å². The van der Waals surface area contributed by atoms with E-state index in [0.29, 0.717) is 21.3 Å². The van der Waals surface area contributed by atoms with Crippen LogP contribution in [0.5, 0.6) is 0 Å². The van der Waals surface area contributed by atoms with E-state index in [2.05, 4.69) is 16.4 Å². The second-order valence-electron chi connectivity index (χ2n) is 5.58. The third-order valence-electron chi connectivity index (χ3n) is 3.87. The Kier molecular flexibility index (Phi) is 5.39. The van der Waals surface area contributed by atoms with E-state index >= 15 is 0 Å². The smallest absolute Gasteiger partial charge is 0.234 e. The van der Waals surface area contributed by atoms with Crippen molar-refractivity contribution < 1.29 is 4.79 Å². The summed E-state index contributed by atoms with van der Waals surface area (Å²) in [6, 6.07) is 11.2. The number of benzene rings is 1. The third kappa shape index (κ3) is 3.89. The maximum atomic E-state index is 12.1. The van der Waals surface area contributed by atoms with Crippen LogP contribution in [0.1, 0.15) is 29.7 Å². The summed E-state index contributed by atoms with van der Waals surface area (Å²) in [6.07, 6.45) is 4.20. The molecule has 6 heteroatoms. The van der Waals surface area contributed by atoms with Crippen molar-refractivity contribution in [2.45, 2.75) is 30.7 Å². The van der Waals surface area contributed by atoms with Gasteiger partial charge in [0.25, 0.3) is 0 Å². The molecule has 0 spiro atoms. The summed E-state index contributed by atoms with van der Waals surface area (Å²) < 4.78 is 0. The van der Waals surface area contributed by atoms with Crippen LogP contribution in [-0.4, -0.2) is 16.6 Å². The van der Waals surface area contributed by atoms with Crippen LogP contribution in [0.2, 0.25) is 5.02 Å². The number of aromatic nitrogens is 1. The number of hydrogen-bond acceptors (Lipinski definition) is 4. The molecule has 1 aromatic heterocycles. The number of aryl methyl sites for hydroxylation is 2. The van der Waals surface area contributed by atoms with Gasteiger partial charge in [0.2, 0.25) is 5.91 Å². The fraction of sp³-hybridized carbons (Fsp3) is 0.278. The van der Waals surface area contributed by atoms with Gasteiger partial charge in [0.05, 0.1) is 22.0 Å². The zero-order chi connectivity index (χ0) is 16.9. The summed E-state index contributed by atoms with van der Waals surface area (Å²) in [5.41, 5.74) is 3.37. The van der Waals surface area contributed by atoms with Crippen LogP contribution in [0.4, 0.5) is 5.69 Å². The van der Waals surface area contributed by atoms with E-state index in [1.807, 2.05) is 18.2 Å². The van der Waals surface area contributed by atoms with E-state index in [1.54, 1.807) is 12.1 Å². The van der Waals surface area contributed by atoms with Crippen molar-refractivity contribution in [2.24, 2.45) is 0 Å². The van der Waals surface area contributed by atoms with E-state index in [-0.39, 0.29) is 11.7 Å². The zero-order valence-corrected chi connectivity index (χ0v) is 14.6. The van der Waals surface area contributed by atoms with Gasteiger partial charge >= 0.3 is 0 Å². The minimum absolute atomic E-state index is 0.170. The second-order valence-corrected chi connectivity index (χ2v) is 6.95. The monoisotopic (exact) mass is 357 g/mol. The summed E-state index contributed by atoms with van der Waals surface area (Å²) in [7, 11) is 0. The van der Waals surface area contributed by atoms with Gasteiger partial charge in [0, 0.05) is 5.69 Å². The van der Waals surface area contributed by atoms with Crippen LogP contribution in [0.3, 0.4) is 0 Å². The number of fused-ring (bicyclic) bond motifs is 1. The summed E-state index contributed by atoms with van der Waals surface area (Å²) >= 11 is 7.32. The number of pyridine rings is 1. The molecule has 0 bridgehead atoms. The van der Waals surface area contributed by atoms with E-state index in [1.165, 1.54) is 17.3 Å². The average Bonchev–Trinajstić information content (AvgIpc) is 2.61. The lowest BCUT2D eigenvalue weighted by atomic mass is 9.95. The number of carbonyl (C=O) groups excluding carboxylic acids is 1. The third-order valence-corrected chi connectivity index (χ3v) is 5.19. The van der Waals surface area contributed by atoms with Crippen LogP contribution < -0.4 is 5.32 Å². The highest BCUT2D eigenvalue weighted by Gasteiger charge is 2.16. The lowest BCUT2D eigenvalue weighted by Crippen LogP contribution is -2.15. The lowest BCUT2D eigenvalue weighted by molar-refractivity contribution is -0.113. The van der Waals surface area contributed by atoms with Crippen molar-refractivity contribution in [3.63, 3.8) is 0 Å². The summed E-state index contributed by atoms with van der Waals surface area (Å²) in [5, 5.41) is 13.2. The van der Waals surface area contributed by atoms with Crippen LogP contribution in [0, 0.1) is 11.3 Å². The lowest BCUT2D eigenvalue weighted by Gasteiger charge is -2.16. The Labute approximate surface area is 150 Å². The molecule has 0 saturated heterocycles. The molecule has 3 rings (SSSR count). The Morgan fingerprint density at radius 2 is 2.12 bits per heavy atom. The Balaban J connectivity index is 1.69. The molecule has 0 atom stereocenters. The number of rotatable bonds is 4. The molecule has 4 nitrogen and oxygen atoms in total. The fourth-order valence-electron chi connectivity index (χ4n) is 2.69. The number of carbonyl (C=O) groups is 1. The van der Waals surface area contributed by atoms with Crippen LogP contribution in [-0.2, 0) is 17.6 Å². The molecule has 0 fully saturated rings. The van der Waals surface area contributed by atoms with Gasteiger partial charge in [-0.2, -0.15) is 5.26 Å². The first-order chi connectivity index (χ1) is 11.7. The quantitative estimate of drug-likeness (QED) is 0.832. The molecule has 122 valence electrons. The van der Waals surface area contributed by atoms with Crippen molar-refractivity contribution in [1.82, 2.24) is 4.98 Å². The zero-order valence-electron chi connectivity index (χ0n) is 13.0. The summed E-state index contributed by atoms with van der Waals surface area (Å²) in [4.78, 5) is 16.7. The van der Waals surface area contributed by atoms with Crippen LogP contribution in [0.15, 0.2) is 35.4 Å². The van der Waals surface area contributed by atoms with Crippen LogP contribution in [0.25, 0.3) is 0 Å². The molecule has 1 aliphatic carbocycles. The largest absolute Gasteiger partial charge is 0.324 e. The van der Waals surface area contributed by atoms with Crippen LogP contribution >= 0.6 is 23.4 Å². The molecule has 24 heavy (non-hydrogen) atoms. The number of amides is 1. The van der Waals surface area contributed by atoms with Gasteiger partial charge in [-0.3, -0.25) is 4.79 Å². The minimum Gasteiger partial charge on any atom is -0.324 e. The molecule has 0 aliphatic heterocycles. The highest BCUT2D eigenvalue weighted by Crippen LogP contribution is 2.27. The van der Waals surface area contributed by atoms with E-state index in [9.17, 15) is 10.1 Å². The number of para-hydroxylation sites is 1.